The summed E-state index contributed by atoms with van der Waals surface area (Å²) in [5, 5.41) is 0. The Hall–Kier alpha value is 0.733. The van der Waals surface area contributed by atoms with Gasteiger partial charge in [-0.25, -0.2) is 0 Å². The van der Waals surface area contributed by atoms with Crippen molar-refractivity contribution in [3.8, 4) is 0 Å². The fourth-order valence-electron chi connectivity index (χ4n) is 0.965. The molecule has 0 spiro atoms. The fraction of sp³-hybridized carbons (Fsp3) is 0.400. The molecule has 0 fully saturated rings. The van der Waals surface area contributed by atoms with E-state index in [1.54, 1.807) is 0 Å². The predicted molar refractivity (Wildman–Crippen MR) is 69.8 cm³/mol. The molecular weight excluding hydrogens is 313 g/mol. The average Bonchev–Trinajstić information content (AvgIpc) is 2.18. The number of rotatable bonds is 6. The van der Waals surface area contributed by atoms with Gasteiger partial charge in [0, 0.05) is 24.4 Å². The summed E-state index contributed by atoms with van der Waals surface area (Å²) < 4.78 is 17.1. The Labute approximate surface area is 119 Å². The molecule has 6 heteroatoms. The van der Waals surface area contributed by atoms with Crippen molar-refractivity contribution >= 4 is 29.4 Å². The molecule has 86 valence electrons. The molecule has 1 aromatic rings. The molecule has 0 bridgehead atoms. The van der Waals surface area contributed by atoms with E-state index in [1.165, 1.54) is 11.4 Å². The number of thiol groups is 1. The molecule has 16 heavy (non-hydrogen) atoms. The molecule has 1 atom stereocenters. The van der Waals surface area contributed by atoms with Crippen molar-refractivity contribution < 1.29 is 28.6 Å². The van der Waals surface area contributed by atoms with E-state index in [4.69, 9.17) is 4.52 Å². The summed E-state index contributed by atoms with van der Waals surface area (Å²) in [5.74, 6) is -2.83. The Balaban J connectivity index is 0.00000225. The number of hydrogen-bond acceptors (Lipinski definition) is 3. The fourth-order valence-corrected chi connectivity index (χ4v) is 4.56. The summed E-state index contributed by atoms with van der Waals surface area (Å²) in [4.78, 5) is 0.923. The van der Waals surface area contributed by atoms with E-state index in [2.05, 4.69) is 19.2 Å². The van der Waals surface area contributed by atoms with Crippen LogP contribution in [0.3, 0.4) is 0 Å². The molecule has 0 amide bonds. The van der Waals surface area contributed by atoms with Gasteiger partial charge in [0.25, 0.3) is 0 Å². The Bertz CT molecular complexity index is 335. The second-order valence-corrected chi connectivity index (χ2v) is 9.29. The van der Waals surface area contributed by atoms with E-state index in [0.29, 0.717) is 6.61 Å². The van der Waals surface area contributed by atoms with Crippen LogP contribution >= 0.6 is 29.4 Å². The maximum absolute atomic E-state index is 11.9. The second kappa shape index (κ2) is 8.77. The van der Waals surface area contributed by atoms with Crippen molar-refractivity contribution in [1.29, 1.82) is 0 Å². The maximum Gasteiger partial charge on any atom is 0.314 e. The second-order valence-electron chi connectivity index (χ2n) is 3.06. The van der Waals surface area contributed by atoms with Crippen LogP contribution in [0.4, 0.5) is 0 Å². The van der Waals surface area contributed by atoms with Gasteiger partial charge in [0.2, 0.25) is 0 Å². The average molecular weight is 328 g/mol. The van der Waals surface area contributed by atoms with Crippen molar-refractivity contribution in [3.05, 3.63) is 30.3 Å². The molecule has 1 unspecified atom stereocenters. The first-order chi connectivity index (χ1) is 7.14. The summed E-state index contributed by atoms with van der Waals surface area (Å²) in [6, 6.07) is 9.53. The minimum atomic E-state index is -2.83. The topological polar surface area (TPSA) is 26.3 Å². The molecule has 1 rings (SSSR count). The van der Waals surface area contributed by atoms with Crippen LogP contribution < -0.4 is 0 Å². The van der Waals surface area contributed by atoms with Gasteiger partial charge in [0.1, 0.15) is 0 Å². The van der Waals surface area contributed by atoms with Crippen molar-refractivity contribution in [2.24, 2.45) is 0 Å². The van der Waals surface area contributed by atoms with Gasteiger partial charge in [0.15, 0.2) is 0 Å². The minimum absolute atomic E-state index is 0. The van der Waals surface area contributed by atoms with Crippen LogP contribution in [0.25, 0.3) is 0 Å². The quantitative estimate of drug-likeness (QED) is 0.357. The Morgan fingerprint density at radius 1 is 1.38 bits per heavy atom. The zero-order valence-corrected chi connectivity index (χ0v) is 14.9. The van der Waals surface area contributed by atoms with Crippen LogP contribution in [-0.2, 0) is 28.6 Å². The zero-order valence-electron chi connectivity index (χ0n) is 9.33. The van der Waals surface area contributed by atoms with Gasteiger partial charge in [-0.2, -0.15) is 0 Å². The first-order valence-electron chi connectivity index (χ1n) is 4.86. The molecule has 0 radical (unpaired) electrons. The summed E-state index contributed by atoms with van der Waals surface area (Å²) in [7, 11) is 0. The van der Waals surface area contributed by atoms with Crippen molar-refractivity contribution in [1.82, 2.24) is 0 Å². The molecule has 1 aromatic carbocycles. The van der Waals surface area contributed by atoms with Gasteiger partial charge >= 0.3 is 5.77 Å². The SMILES string of the molecule is CCCCOP(=O)(S)Sc1ccccc1.[Zn]. The zero-order chi connectivity index (χ0) is 11.1. The largest absolute Gasteiger partial charge is 0.314 e. The van der Waals surface area contributed by atoms with Crippen LogP contribution in [0.15, 0.2) is 35.2 Å². The molecule has 0 N–H and O–H groups in total. The van der Waals surface area contributed by atoms with Gasteiger partial charge in [-0.1, -0.05) is 43.8 Å². The minimum Gasteiger partial charge on any atom is -0.314 e. The van der Waals surface area contributed by atoms with E-state index in [-0.39, 0.29) is 19.5 Å². The summed E-state index contributed by atoms with van der Waals surface area (Å²) in [5.41, 5.74) is 0. The van der Waals surface area contributed by atoms with Gasteiger partial charge in [-0.05, 0) is 29.9 Å². The predicted octanol–water partition coefficient (Wildman–Crippen LogP) is 4.63. The van der Waals surface area contributed by atoms with Gasteiger partial charge in [0.05, 0.1) is 6.61 Å². The smallest absolute Gasteiger partial charge is 0.314 e. The van der Waals surface area contributed by atoms with Crippen LogP contribution in [0.2, 0.25) is 0 Å². The van der Waals surface area contributed by atoms with Gasteiger partial charge < -0.3 is 4.52 Å². The van der Waals surface area contributed by atoms with Crippen molar-refractivity contribution in [3.63, 3.8) is 0 Å². The summed E-state index contributed by atoms with van der Waals surface area (Å²) >= 11 is 5.26. The normalized spacial score (nSPS) is 13.9. The van der Waals surface area contributed by atoms with Gasteiger partial charge in [-0.15, -0.1) is 0 Å². The molecule has 0 saturated heterocycles. The molecule has 0 aliphatic rings. The van der Waals surface area contributed by atoms with Crippen LogP contribution in [0.1, 0.15) is 19.8 Å². The third-order valence-electron chi connectivity index (χ3n) is 1.72. The van der Waals surface area contributed by atoms with E-state index in [0.717, 1.165) is 17.7 Å². The first-order valence-corrected chi connectivity index (χ1v) is 9.06. The molecule has 0 aliphatic carbocycles. The van der Waals surface area contributed by atoms with Crippen molar-refractivity contribution in [2.45, 2.75) is 24.7 Å². The standard InChI is InChI=1S/C10H15O2PS2.Zn/c1-2-3-9-12-13(11,14)15-10-7-5-4-6-8-10;/h4-8H,2-3,9H2,1H3,(H,11,14);. The number of benzene rings is 1. The third kappa shape index (κ3) is 7.14. The molecule has 0 saturated carbocycles. The molecule has 0 aliphatic heterocycles. The third-order valence-corrected chi connectivity index (χ3v) is 5.66. The first kappa shape index (κ1) is 16.7. The Morgan fingerprint density at radius 2 is 2.00 bits per heavy atom. The maximum atomic E-state index is 11.9. The molecule has 0 aromatic heterocycles. The Kier molecular flexibility index (Phi) is 9.17. The number of unbranched alkanes of at least 4 members (excludes halogenated alkanes) is 1. The van der Waals surface area contributed by atoms with E-state index in [9.17, 15) is 4.57 Å². The molecule has 2 nitrogen and oxygen atoms in total. The summed E-state index contributed by atoms with van der Waals surface area (Å²) in [6.07, 6.45) is 1.95. The van der Waals surface area contributed by atoms with Crippen LogP contribution in [0.5, 0.6) is 0 Å². The van der Waals surface area contributed by atoms with E-state index in [1.807, 2.05) is 30.3 Å². The molecular formula is C10H15O2PS2Zn. The summed E-state index contributed by atoms with van der Waals surface area (Å²) in [6.45, 7) is 2.58. The molecule has 0 heterocycles. The van der Waals surface area contributed by atoms with Crippen molar-refractivity contribution in [2.75, 3.05) is 6.61 Å². The van der Waals surface area contributed by atoms with E-state index >= 15 is 0 Å². The monoisotopic (exact) mass is 326 g/mol. The number of hydrogen-bond donors (Lipinski definition) is 1. The van der Waals surface area contributed by atoms with Crippen LogP contribution in [-0.4, -0.2) is 6.61 Å². The Morgan fingerprint density at radius 3 is 2.56 bits per heavy atom. The van der Waals surface area contributed by atoms with Gasteiger partial charge in [-0.3, -0.25) is 4.57 Å². The van der Waals surface area contributed by atoms with E-state index < -0.39 is 5.77 Å². The van der Waals surface area contributed by atoms with Crippen LogP contribution in [0, 0.1) is 0 Å².